The lowest BCUT2D eigenvalue weighted by Gasteiger charge is -2.37. The lowest BCUT2D eigenvalue weighted by molar-refractivity contribution is -0.276. The Morgan fingerprint density at radius 2 is 0.403 bits per heavy atom. The van der Waals surface area contributed by atoms with Gasteiger partial charge in [0.15, 0.2) is 64.7 Å². The molecule has 7 aromatic carbocycles. The number of ether oxygens (including phenoxy) is 17. The van der Waals surface area contributed by atoms with Crippen molar-refractivity contribution in [2.45, 2.75) is 325 Å². The SMILES string of the molecule is CO[C@H]1O[C@H](CO[C@H]2O[C@H](CO[Si](C)(C)C(C)(C)C)[C@@H](OCc3ccccc3)[C@@H]2O[C@@H]2O[C@H](CO[Si](C)(C)C(C)(C)C)[C@@H](OCc3ccccc3)[C@@H]2OCc2ccccc2)[C@@H](O[C@H]2O[C@H](CO[Si](C)(C)C(C)(C)C)[C@@H](OCc3ccccc3)[C@@H]2O[C@@H]2O[C@H](CO[Si](C)(C)C(C)(C)C)[C@@H](OCc3ccccc3)[C@@H]2OCc2ccccc2)[C@@H]1OCc1ccccc1. The lowest BCUT2D eigenvalue weighted by Crippen LogP contribution is -2.49. The van der Waals surface area contributed by atoms with Crippen LogP contribution in [-0.2, 0) is 144 Å². The predicted molar refractivity (Wildman–Crippen MR) is 489 cm³/mol. The van der Waals surface area contributed by atoms with Crippen molar-refractivity contribution in [2.24, 2.45) is 0 Å². The summed E-state index contributed by atoms with van der Waals surface area (Å²) in [6.45, 7) is 46.6. The summed E-state index contributed by atoms with van der Waals surface area (Å²) in [6, 6.07) is 70.6. The first-order chi connectivity index (χ1) is 58.9. The van der Waals surface area contributed by atoms with E-state index in [1.165, 1.54) is 0 Å². The van der Waals surface area contributed by atoms with E-state index in [0.29, 0.717) is 0 Å². The second-order valence-corrected chi connectivity index (χ2v) is 58.9. The molecule has 0 aromatic heterocycles. The average molecular weight is 1780 g/mol. The monoisotopic (exact) mass is 1780 g/mol. The maximum absolute atomic E-state index is 7.82. The molecule has 5 fully saturated rings. The minimum atomic E-state index is -2.52. The molecular formula is C99H142O21Si4. The number of hydrogen-bond acceptors (Lipinski definition) is 21. The Kier molecular flexibility index (Phi) is 34.3. The van der Waals surface area contributed by atoms with Gasteiger partial charge < -0.3 is 98.2 Å². The van der Waals surface area contributed by atoms with Crippen LogP contribution in [-0.4, -0.2) is 196 Å². The van der Waals surface area contributed by atoms with E-state index < -0.39 is 156 Å². The molecule has 0 amide bonds. The van der Waals surface area contributed by atoms with Crippen LogP contribution < -0.4 is 0 Å². The second-order valence-electron chi connectivity index (χ2n) is 39.7. The molecule has 124 heavy (non-hydrogen) atoms. The zero-order chi connectivity index (χ0) is 88.7. The minimum Gasteiger partial charge on any atom is -0.414 e. The maximum atomic E-state index is 7.82. The Bertz CT molecular complexity index is 4260. The molecule has 12 rings (SSSR count). The highest BCUT2D eigenvalue weighted by Gasteiger charge is 2.60. The molecule has 5 aliphatic heterocycles. The fraction of sp³-hybridized carbons (Fsp3) is 0.576. The van der Waals surface area contributed by atoms with E-state index in [1.54, 1.807) is 7.11 Å². The van der Waals surface area contributed by atoms with Crippen molar-refractivity contribution in [3.63, 3.8) is 0 Å². The summed E-state index contributed by atoms with van der Waals surface area (Å²) in [5.74, 6) is 0. The van der Waals surface area contributed by atoms with Crippen molar-refractivity contribution in [1.29, 1.82) is 0 Å². The van der Waals surface area contributed by atoms with Crippen LogP contribution >= 0.6 is 0 Å². The Hall–Kier alpha value is -5.43. The standard InChI is InChI=1S/C99H142O21Si4/c1-96(2,3)121(14,15)109-65-77-81(101-57-69-43-29-22-30-44-69)86(105-61-73-51-37-26-38-52-73)93(115-77)119-89-83(103-59-71-47-33-24-34-48-71)79(67-111-123(18,19)98(7,8)9)114-92(89)108-64-76-85(88(91(100-13)113-76)107-63-75-55-41-28-42-56-75)118-95-90(84(104-60-72-49-35-25-36-50-72)80(117-95)68-112-124(20,21)99(10,11)12)120-94-87(106-62-74-53-39-27-40-54-74)82(102-58-70-45-31-23-32-46-70)78(116-94)66-110-122(16,17)97(4,5)6/h22-56,76-95H,57-68H2,1-21H3/t76-,77-,78-,79-,80-,81-,82-,83-,84-,85-,86+,87+,88+,89+,90+,91+,92+,93+,94+,95-/m1/s1. The first-order valence-electron chi connectivity index (χ1n) is 44.5. The van der Waals surface area contributed by atoms with Gasteiger partial charge in [0, 0.05) is 7.11 Å². The summed E-state index contributed by atoms with van der Waals surface area (Å²) in [4.78, 5) is 0. The third-order valence-corrected chi connectivity index (χ3v) is 44.5. The van der Waals surface area contributed by atoms with Gasteiger partial charge in [0.25, 0.3) is 0 Å². The van der Waals surface area contributed by atoms with Crippen molar-refractivity contribution in [1.82, 2.24) is 0 Å². The molecule has 0 aliphatic carbocycles. The van der Waals surface area contributed by atoms with E-state index in [0.717, 1.165) is 38.9 Å². The van der Waals surface area contributed by atoms with E-state index in [2.05, 4.69) is 160 Å². The summed E-state index contributed by atoms with van der Waals surface area (Å²) in [5, 5.41) is -0.583. The highest BCUT2D eigenvalue weighted by atomic mass is 28.4. The second kappa shape index (κ2) is 43.5. The molecule has 5 saturated heterocycles. The third-order valence-electron chi connectivity index (χ3n) is 26.5. The van der Waals surface area contributed by atoms with Crippen molar-refractivity contribution >= 4 is 33.3 Å². The molecule has 680 valence electrons. The van der Waals surface area contributed by atoms with Crippen LogP contribution in [0, 0.1) is 0 Å². The van der Waals surface area contributed by atoms with Gasteiger partial charge in [-0.05, 0) is 111 Å². The summed E-state index contributed by atoms with van der Waals surface area (Å²) >= 11 is 0. The summed E-state index contributed by atoms with van der Waals surface area (Å²) < 4.78 is 153. The molecule has 5 heterocycles. The summed E-state index contributed by atoms with van der Waals surface area (Å²) in [7, 11) is -8.22. The van der Waals surface area contributed by atoms with Gasteiger partial charge in [0.2, 0.25) is 0 Å². The van der Waals surface area contributed by atoms with Gasteiger partial charge in [-0.1, -0.05) is 295 Å². The minimum absolute atomic E-state index is 0.118. The van der Waals surface area contributed by atoms with Crippen molar-refractivity contribution in [2.75, 3.05) is 40.1 Å². The molecule has 5 aliphatic rings. The van der Waals surface area contributed by atoms with Gasteiger partial charge in [-0.2, -0.15) is 0 Å². The fourth-order valence-corrected chi connectivity index (χ4v) is 18.7. The zero-order valence-electron chi connectivity index (χ0n) is 77.3. The highest BCUT2D eigenvalue weighted by molar-refractivity contribution is 6.75. The van der Waals surface area contributed by atoms with E-state index >= 15 is 0 Å². The molecular weight excluding hydrogens is 1640 g/mol. The van der Waals surface area contributed by atoms with Crippen LogP contribution in [0.5, 0.6) is 0 Å². The molecule has 21 nitrogen and oxygen atoms in total. The van der Waals surface area contributed by atoms with Crippen LogP contribution in [0.4, 0.5) is 0 Å². The number of rotatable bonds is 43. The largest absolute Gasteiger partial charge is 0.414 e. The van der Waals surface area contributed by atoms with Crippen molar-refractivity contribution in [3.05, 3.63) is 251 Å². The molecule has 7 aromatic rings. The molecule has 0 saturated carbocycles. The highest BCUT2D eigenvalue weighted by Crippen LogP contribution is 2.46. The average Bonchev–Trinajstić information content (AvgIpc) is 1.64. The molecule has 0 bridgehead atoms. The van der Waals surface area contributed by atoms with Gasteiger partial charge in [0.1, 0.15) is 91.6 Å². The van der Waals surface area contributed by atoms with Gasteiger partial charge in [-0.15, -0.1) is 0 Å². The predicted octanol–water partition coefficient (Wildman–Crippen LogP) is 19.6. The molecule has 25 heteroatoms. The smallest absolute Gasteiger partial charge is 0.192 e. The lowest BCUT2D eigenvalue weighted by atomic mass is 10.1. The number of methoxy groups -OCH3 is 1. The van der Waals surface area contributed by atoms with Gasteiger partial charge in [-0.3, -0.25) is 0 Å². The normalized spacial score (nSPS) is 28.0. The third kappa shape index (κ3) is 26.0. The van der Waals surface area contributed by atoms with Crippen molar-refractivity contribution < 1.29 is 98.2 Å². The van der Waals surface area contributed by atoms with E-state index in [9.17, 15) is 0 Å². The Morgan fingerprint density at radius 1 is 0.218 bits per heavy atom. The number of hydrogen-bond donors (Lipinski definition) is 0. The van der Waals surface area contributed by atoms with Crippen LogP contribution in [0.3, 0.4) is 0 Å². The van der Waals surface area contributed by atoms with E-state index in [-0.39, 0.29) is 99.4 Å². The van der Waals surface area contributed by atoms with Gasteiger partial charge in [0.05, 0.1) is 79.3 Å². The Labute approximate surface area is 743 Å². The molecule has 0 N–H and O–H groups in total. The van der Waals surface area contributed by atoms with Crippen molar-refractivity contribution in [3.8, 4) is 0 Å². The van der Waals surface area contributed by atoms with Gasteiger partial charge in [-0.25, -0.2) is 0 Å². The molecule has 0 unspecified atom stereocenters. The summed E-state index contributed by atoms with van der Waals surface area (Å²) in [6.07, 6.45) is -18.5. The topological polar surface area (TPSA) is 194 Å². The zero-order valence-corrected chi connectivity index (χ0v) is 81.3. The van der Waals surface area contributed by atoms with Crippen LogP contribution in [0.15, 0.2) is 212 Å². The maximum Gasteiger partial charge on any atom is 0.192 e. The van der Waals surface area contributed by atoms with E-state index in [4.69, 9.17) is 98.2 Å². The Morgan fingerprint density at radius 3 is 0.645 bits per heavy atom. The van der Waals surface area contributed by atoms with E-state index in [1.807, 2.05) is 188 Å². The molecule has 0 spiro atoms. The van der Waals surface area contributed by atoms with Crippen LogP contribution in [0.25, 0.3) is 0 Å². The summed E-state index contributed by atoms with van der Waals surface area (Å²) in [5.41, 5.74) is 6.67. The van der Waals surface area contributed by atoms with Gasteiger partial charge >= 0.3 is 0 Å². The number of benzene rings is 7. The first kappa shape index (κ1) is 97.6. The van der Waals surface area contributed by atoms with Crippen LogP contribution in [0.1, 0.15) is 122 Å². The van der Waals surface area contributed by atoms with Crippen LogP contribution in [0.2, 0.25) is 72.5 Å². The Balaban J connectivity index is 0.954. The molecule has 20 atom stereocenters. The fourth-order valence-electron chi connectivity index (χ4n) is 14.6. The quantitative estimate of drug-likeness (QED) is 0.0327. The molecule has 0 radical (unpaired) electrons. The first-order valence-corrected chi connectivity index (χ1v) is 56.1.